The fraction of sp³-hybridized carbons (Fsp3) is 0.0667. The quantitative estimate of drug-likeness (QED) is 0.709. The van der Waals surface area contributed by atoms with Crippen LogP contribution in [0, 0.1) is 0 Å². The normalized spacial score (nSPS) is 10.8. The molecule has 0 saturated heterocycles. The van der Waals surface area contributed by atoms with Gasteiger partial charge in [0.15, 0.2) is 0 Å². The predicted octanol–water partition coefficient (Wildman–Crippen LogP) is 3.98. The van der Waals surface area contributed by atoms with Gasteiger partial charge in [0, 0.05) is 21.6 Å². The van der Waals surface area contributed by atoms with Crippen molar-refractivity contribution in [2.75, 3.05) is 5.73 Å². The van der Waals surface area contributed by atoms with E-state index in [4.69, 9.17) is 22.1 Å². The summed E-state index contributed by atoms with van der Waals surface area (Å²) in [5.74, 6) is 0.755. The van der Waals surface area contributed by atoms with Gasteiger partial charge in [-0.25, -0.2) is 0 Å². The first kappa shape index (κ1) is 11.9. The third-order valence-electron chi connectivity index (χ3n) is 2.89. The predicted molar refractivity (Wildman–Crippen MR) is 78.5 cm³/mol. The Morgan fingerprint density at radius 3 is 2.84 bits per heavy atom. The van der Waals surface area contributed by atoms with Crippen molar-refractivity contribution in [3.8, 4) is 5.75 Å². The van der Waals surface area contributed by atoms with Crippen molar-refractivity contribution in [3.05, 3.63) is 59.2 Å². The van der Waals surface area contributed by atoms with Gasteiger partial charge in [-0.15, -0.1) is 0 Å². The molecule has 0 aliphatic heterocycles. The molecule has 3 N–H and O–H groups in total. The van der Waals surface area contributed by atoms with E-state index in [2.05, 4.69) is 4.98 Å². The first-order valence-electron chi connectivity index (χ1n) is 5.96. The van der Waals surface area contributed by atoms with Crippen LogP contribution in [0.3, 0.4) is 0 Å². The summed E-state index contributed by atoms with van der Waals surface area (Å²) in [5.41, 5.74) is 8.57. The van der Waals surface area contributed by atoms with Crippen LogP contribution in [-0.2, 0) is 6.61 Å². The molecule has 3 aromatic rings. The first-order valence-corrected chi connectivity index (χ1v) is 6.34. The number of benzene rings is 2. The average Bonchev–Trinajstić information content (AvgIpc) is 2.78. The number of ether oxygens (including phenoxy) is 1. The molecule has 3 nitrogen and oxygen atoms in total. The van der Waals surface area contributed by atoms with Gasteiger partial charge in [0.05, 0.1) is 5.69 Å². The molecule has 0 aliphatic carbocycles. The minimum atomic E-state index is 0.467. The van der Waals surface area contributed by atoms with Gasteiger partial charge in [0.2, 0.25) is 0 Å². The molecular weight excluding hydrogens is 260 g/mol. The highest BCUT2D eigenvalue weighted by atomic mass is 35.5. The summed E-state index contributed by atoms with van der Waals surface area (Å²) in [4.78, 5) is 3.29. The lowest BCUT2D eigenvalue weighted by atomic mass is 10.2. The van der Waals surface area contributed by atoms with Crippen LogP contribution in [0.5, 0.6) is 5.75 Å². The Morgan fingerprint density at radius 1 is 1.11 bits per heavy atom. The number of hydrogen-bond acceptors (Lipinski definition) is 2. The zero-order chi connectivity index (χ0) is 13.2. The molecular formula is C15H13ClN2O. The number of fused-ring (bicyclic) bond motifs is 1. The fourth-order valence-electron chi connectivity index (χ4n) is 2.01. The molecule has 0 amide bonds. The molecule has 2 aromatic carbocycles. The van der Waals surface area contributed by atoms with Gasteiger partial charge in [-0.1, -0.05) is 17.7 Å². The number of anilines is 1. The lowest BCUT2D eigenvalue weighted by Gasteiger charge is -2.04. The highest BCUT2D eigenvalue weighted by molar-refractivity contribution is 6.30. The summed E-state index contributed by atoms with van der Waals surface area (Å²) in [7, 11) is 0. The minimum absolute atomic E-state index is 0.467. The van der Waals surface area contributed by atoms with Gasteiger partial charge in [-0.3, -0.25) is 0 Å². The number of aromatic nitrogens is 1. The van der Waals surface area contributed by atoms with E-state index in [1.54, 1.807) is 6.07 Å². The van der Waals surface area contributed by atoms with Crippen molar-refractivity contribution in [3.63, 3.8) is 0 Å². The molecule has 0 unspecified atom stereocenters. The summed E-state index contributed by atoms with van der Waals surface area (Å²) < 4.78 is 5.69. The van der Waals surface area contributed by atoms with E-state index in [1.165, 1.54) is 0 Å². The molecule has 1 heterocycles. The largest absolute Gasteiger partial charge is 0.487 e. The van der Waals surface area contributed by atoms with Crippen LogP contribution in [0.15, 0.2) is 48.5 Å². The number of nitrogen functional groups attached to an aromatic ring is 1. The standard InChI is InChI=1S/C15H13ClN2O/c16-11-2-1-3-14(8-11)19-9-13-7-10-6-12(17)4-5-15(10)18-13/h1-8,18H,9,17H2. The molecule has 3 rings (SSSR count). The first-order chi connectivity index (χ1) is 9.20. The molecule has 19 heavy (non-hydrogen) atoms. The van der Waals surface area contributed by atoms with Crippen molar-refractivity contribution in [1.29, 1.82) is 0 Å². The van der Waals surface area contributed by atoms with E-state index in [-0.39, 0.29) is 0 Å². The van der Waals surface area contributed by atoms with Gasteiger partial charge in [0.1, 0.15) is 12.4 Å². The lowest BCUT2D eigenvalue weighted by molar-refractivity contribution is 0.302. The van der Waals surface area contributed by atoms with Gasteiger partial charge >= 0.3 is 0 Å². The van der Waals surface area contributed by atoms with E-state index in [0.717, 1.165) is 28.0 Å². The van der Waals surface area contributed by atoms with Crippen molar-refractivity contribution in [2.24, 2.45) is 0 Å². The van der Waals surface area contributed by atoms with Crippen LogP contribution in [0.1, 0.15) is 5.69 Å². The van der Waals surface area contributed by atoms with Crippen molar-refractivity contribution in [1.82, 2.24) is 4.98 Å². The molecule has 0 aliphatic rings. The zero-order valence-corrected chi connectivity index (χ0v) is 10.9. The lowest BCUT2D eigenvalue weighted by Crippen LogP contribution is -1.95. The smallest absolute Gasteiger partial charge is 0.128 e. The number of aromatic amines is 1. The van der Waals surface area contributed by atoms with E-state index in [9.17, 15) is 0 Å². The second-order valence-corrected chi connectivity index (χ2v) is 4.82. The number of nitrogens with one attached hydrogen (secondary N) is 1. The van der Waals surface area contributed by atoms with E-state index in [0.29, 0.717) is 11.6 Å². The van der Waals surface area contributed by atoms with Crippen LogP contribution in [0.25, 0.3) is 10.9 Å². The molecule has 96 valence electrons. The molecule has 4 heteroatoms. The van der Waals surface area contributed by atoms with Crippen LogP contribution in [-0.4, -0.2) is 4.98 Å². The number of rotatable bonds is 3. The van der Waals surface area contributed by atoms with Gasteiger partial charge in [-0.05, 0) is 42.5 Å². The summed E-state index contributed by atoms with van der Waals surface area (Å²) in [6, 6.07) is 15.2. The second-order valence-electron chi connectivity index (χ2n) is 4.39. The van der Waals surface area contributed by atoms with E-state index in [1.807, 2.05) is 42.5 Å². The third kappa shape index (κ3) is 2.66. The van der Waals surface area contributed by atoms with E-state index >= 15 is 0 Å². The number of nitrogens with two attached hydrogens (primary N) is 1. The van der Waals surface area contributed by atoms with Crippen molar-refractivity contribution in [2.45, 2.75) is 6.61 Å². The molecule has 0 atom stereocenters. The van der Waals surface area contributed by atoms with Gasteiger partial charge < -0.3 is 15.5 Å². The molecule has 1 aromatic heterocycles. The summed E-state index contributed by atoms with van der Waals surface area (Å²) in [6.45, 7) is 0.467. The number of halogens is 1. The molecule has 0 saturated carbocycles. The highest BCUT2D eigenvalue weighted by Gasteiger charge is 2.02. The maximum atomic E-state index is 5.91. The van der Waals surface area contributed by atoms with Gasteiger partial charge in [0.25, 0.3) is 0 Å². The average molecular weight is 273 g/mol. The van der Waals surface area contributed by atoms with Crippen LogP contribution >= 0.6 is 11.6 Å². The molecule has 0 bridgehead atoms. The second kappa shape index (κ2) is 4.86. The minimum Gasteiger partial charge on any atom is -0.487 e. The topological polar surface area (TPSA) is 51.0 Å². The Balaban J connectivity index is 1.78. The monoisotopic (exact) mass is 272 g/mol. The van der Waals surface area contributed by atoms with Crippen molar-refractivity contribution >= 4 is 28.2 Å². The SMILES string of the molecule is Nc1ccc2[nH]c(COc3cccc(Cl)c3)cc2c1. The highest BCUT2D eigenvalue weighted by Crippen LogP contribution is 2.21. The van der Waals surface area contributed by atoms with Crippen LogP contribution in [0.4, 0.5) is 5.69 Å². The maximum absolute atomic E-state index is 5.91. The Morgan fingerprint density at radius 2 is 2.00 bits per heavy atom. The summed E-state index contributed by atoms with van der Waals surface area (Å²) in [6.07, 6.45) is 0. The van der Waals surface area contributed by atoms with Gasteiger partial charge in [-0.2, -0.15) is 0 Å². The molecule has 0 fully saturated rings. The molecule has 0 radical (unpaired) electrons. The Kier molecular flexibility index (Phi) is 3.05. The summed E-state index contributed by atoms with van der Waals surface area (Å²) >= 11 is 5.91. The fourth-order valence-corrected chi connectivity index (χ4v) is 2.19. The Hall–Kier alpha value is -2.13. The third-order valence-corrected chi connectivity index (χ3v) is 3.13. The Bertz CT molecular complexity index is 721. The van der Waals surface area contributed by atoms with Crippen molar-refractivity contribution < 1.29 is 4.74 Å². The van der Waals surface area contributed by atoms with E-state index < -0.39 is 0 Å². The van der Waals surface area contributed by atoms with Crippen LogP contribution in [0.2, 0.25) is 5.02 Å². The Labute approximate surface area is 116 Å². The number of hydrogen-bond donors (Lipinski definition) is 2. The number of H-pyrrole nitrogens is 1. The molecule has 0 spiro atoms. The maximum Gasteiger partial charge on any atom is 0.128 e. The zero-order valence-electron chi connectivity index (χ0n) is 10.2. The summed E-state index contributed by atoms with van der Waals surface area (Å²) in [5, 5.41) is 1.76. The van der Waals surface area contributed by atoms with Crippen LogP contribution < -0.4 is 10.5 Å².